The van der Waals surface area contributed by atoms with E-state index in [1.807, 2.05) is 60.7 Å². The summed E-state index contributed by atoms with van der Waals surface area (Å²) < 4.78 is 5.19. The van der Waals surface area contributed by atoms with E-state index in [0.29, 0.717) is 12.3 Å². The smallest absolute Gasteiger partial charge is 0.408 e. The van der Waals surface area contributed by atoms with E-state index in [1.54, 1.807) is 11.8 Å². The molecule has 2 aromatic carbocycles. The average Bonchev–Trinajstić information content (AvgIpc) is 2.84. The van der Waals surface area contributed by atoms with E-state index in [2.05, 4.69) is 10.6 Å². The number of hydrogen-bond acceptors (Lipinski definition) is 4. The molecule has 2 amide bonds. The molecule has 130 valence electrons. The van der Waals surface area contributed by atoms with Gasteiger partial charge in [0.1, 0.15) is 12.6 Å². The Morgan fingerprint density at radius 2 is 1.80 bits per heavy atom. The zero-order chi connectivity index (χ0) is 17.5. The van der Waals surface area contributed by atoms with Crippen LogP contribution in [0.4, 0.5) is 4.79 Å². The van der Waals surface area contributed by atoms with Gasteiger partial charge in [0.2, 0.25) is 5.91 Å². The molecule has 1 aliphatic rings. The molecule has 1 saturated heterocycles. The number of rotatable bonds is 4. The Kier molecular flexibility index (Phi) is 5.95. The maximum Gasteiger partial charge on any atom is 0.408 e. The third-order valence-corrected chi connectivity index (χ3v) is 5.29. The van der Waals surface area contributed by atoms with E-state index in [9.17, 15) is 9.59 Å². The lowest BCUT2D eigenvalue weighted by Crippen LogP contribution is -2.47. The molecule has 6 heteroatoms. The summed E-state index contributed by atoms with van der Waals surface area (Å²) in [7, 11) is 0. The largest absolute Gasteiger partial charge is 0.445 e. The SMILES string of the molecule is O=C(N[C@H]1CS[C@H](c2ccccc2)CNC1=O)OCc1ccccc1. The van der Waals surface area contributed by atoms with Crippen molar-refractivity contribution in [1.82, 2.24) is 10.6 Å². The van der Waals surface area contributed by atoms with E-state index in [1.165, 1.54) is 5.56 Å². The van der Waals surface area contributed by atoms with Crippen molar-refractivity contribution in [3.05, 3.63) is 71.8 Å². The van der Waals surface area contributed by atoms with Crippen molar-refractivity contribution in [3.8, 4) is 0 Å². The first-order chi connectivity index (χ1) is 12.2. The normalized spacial score (nSPS) is 20.2. The predicted molar refractivity (Wildman–Crippen MR) is 98.2 cm³/mol. The topological polar surface area (TPSA) is 67.4 Å². The second-order valence-corrected chi connectivity index (χ2v) is 6.97. The molecule has 1 heterocycles. The number of carbonyl (C=O) groups excluding carboxylic acids is 2. The van der Waals surface area contributed by atoms with Gasteiger partial charge in [-0.3, -0.25) is 4.79 Å². The maximum absolute atomic E-state index is 12.2. The Hall–Kier alpha value is -2.47. The molecule has 1 fully saturated rings. The molecule has 0 saturated carbocycles. The number of thioether (sulfide) groups is 1. The van der Waals surface area contributed by atoms with E-state index in [0.717, 1.165) is 5.56 Å². The van der Waals surface area contributed by atoms with Crippen LogP contribution in [0.1, 0.15) is 16.4 Å². The van der Waals surface area contributed by atoms with Crippen molar-refractivity contribution in [2.75, 3.05) is 12.3 Å². The van der Waals surface area contributed by atoms with Crippen LogP contribution >= 0.6 is 11.8 Å². The van der Waals surface area contributed by atoms with E-state index < -0.39 is 12.1 Å². The van der Waals surface area contributed by atoms with Crippen LogP contribution in [-0.4, -0.2) is 30.3 Å². The zero-order valence-corrected chi connectivity index (χ0v) is 14.5. The highest BCUT2D eigenvalue weighted by molar-refractivity contribution is 7.99. The van der Waals surface area contributed by atoms with Gasteiger partial charge in [-0.1, -0.05) is 60.7 Å². The van der Waals surface area contributed by atoms with Crippen molar-refractivity contribution < 1.29 is 14.3 Å². The van der Waals surface area contributed by atoms with Crippen LogP contribution in [0, 0.1) is 0 Å². The van der Waals surface area contributed by atoms with E-state index >= 15 is 0 Å². The number of benzene rings is 2. The quantitative estimate of drug-likeness (QED) is 0.884. The lowest BCUT2D eigenvalue weighted by Gasteiger charge is -2.15. The van der Waals surface area contributed by atoms with Gasteiger partial charge in [0, 0.05) is 17.5 Å². The molecule has 0 aliphatic carbocycles. The Morgan fingerprint density at radius 1 is 1.12 bits per heavy atom. The van der Waals surface area contributed by atoms with Crippen LogP contribution in [0.15, 0.2) is 60.7 Å². The van der Waals surface area contributed by atoms with Gasteiger partial charge < -0.3 is 15.4 Å². The van der Waals surface area contributed by atoms with Gasteiger partial charge in [-0.15, -0.1) is 11.8 Å². The van der Waals surface area contributed by atoms with Gasteiger partial charge >= 0.3 is 6.09 Å². The highest BCUT2D eigenvalue weighted by Gasteiger charge is 2.27. The molecule has 2 N–H and O–H groups in total. The molecule has 3 rings (SSSR count). The van der Waals surface area contributed by atoms with Gasteiger partial charge in [0.15, 0.2) is 0 Å². The molecule has 5 nitrogen and oxygen atoms in total. The van der Waals surface area contributed by atoms with Crippen molar-refractivity contribution >= 4 is 23.8 Å². The predicted octanol–water partition coefficient (Wildman–Crippen LogP) is 2.89. The van der Waals surface area contributed by atoms with Gasteiger partial charge in [-0.05, 0) is 11.1 Å². The average molecular weight is 356 g/mol. The Labute approximate surface area is 151 Å². The Bertz CT molecular complexity index is 709. The van der Waals surface area contributed by atoms with Gasteiger partial charge in [-0.2, -0.15) is 0 Å². The molecular formula is C19H20N2O3S. The minimum Gasteiger partial charge on any atom is -0.445 e. The van der Waals surface area contributed by atoms with Crippen LogP contribution in [0.2, 0.25) is 0 Å². The molecule has 0 unspecified atom stereocenters. The van der Waals surface area contributed by atoms with Crippen molar-refractivity contribution in [3.63, 3.8) is 0 Å². The van der Waals surface area contributed by atoms with Gasteiger partial charge in [-0.25, -0.2) is 4.79 Å². The summed E-state index contributed by atoms with van der Waals surface area (Å²) in [5.74, 6) is 0.328. The van der Waals surface area contributed by atoms with Crippen LogP contribution in [0.25, 0.3) is 0 Å². The van der Waals surface area contributed by atoms with Crippen molar-refractivity contribution in [1.29, 1.82) is 0 Å². The van der Waals surface area contributed by atoms with Crippen molar-refractivity contribution in [2.45, 2.75) is 17.9 Å². The molecule has 25 heavy (non-hydrogen) atoms. The lowest BCUT2D eigenvalue weighted by atomic mass is 10.1. The number of hydrogen-bond donors (Lipinski definition) is 2. The lowest BCUT2D eigenvalue weighted by molar-refractivity contribution is -0.122. The minimum absolute atomic E-state index is 0.178. The monoisotopic (exact) mass is 356 g/mol. The van der Waals surface area contributed by atoms with E-state index in [4.69, 9.17) is 4.74 Å². The molecule has 2 aromatic rings. The zero-order valence-electron chi connectivity index (χ0n) is 13.7. The summed E-state index contributed by atoms with van der Waals surface area (Å²) in [5.41, 5.74) is 2.07. The fourth-order valence-corrected chi connectivity index (χ4v) is 3.77. The van der Waals surface area contributed by atoms with Crippen LogP contribution in [0.3, 0.4) is 0 Å². The first kappa shape index (κ1) is 17.4. The molecule has 0 radical (unpaired) electrons. The first-order valence-corrected chi connectivity index (χ1v) is 9.19. The number of ether oxygens (including phenoxy) is 1. The number of amides is 2. The van der Waals surface area contributed by atoms with Gasteiger partial charge in [0.25, 0.3) is 0 Å². The highest BCUT2D eigenvalue weighted by Crippen LogP contribution is 2.30. The van der Waals surface area contributed by atoms with Crippen LogP contribution in [0.5, 0.6) is 0 Å². The second-order valence-electron chi connectivity index (χ2n) is 5.74. The Balaban J connectivity index is 1.52. The maximum atomic E-state index is 12.2. The number of carbonyl (C=O) groups is 2. The molecule has 0 aromatic heterocycles. The summed E-state index contributed by atoms with van der Waals surface area (Å²) in [6.07, 6.45) is -0.581. The first-order valence-electron chi connectivity index (χ1n) is 8.14. The number of alkyl carbamates (subject to hydrolysis) is 1. The summed E-state index contributed by atoms with van der Waals surface area (Å²) in [6.45, 7) is 0.728. The summed E-state index contributed by atoms with van der Waals surface area (Å²) >= 11 is 1.65. The molecular weight excluding hydrogens is 336 g/mol. The molecule has 0 bridgehead atoms. The number of nitrogens with one attached hydrogen (secondary N) is 2. The fourth-order valence-electron chi connectivity index (χ4n) is 2.56. The standard InChI is InChI=1S/C19H20N2O3S/c22-18-16(21-19(23)24-12-14-7-3-1-4-8-14)13-25-17(11-20-18)15-9-5-2-6-10-15/h1-10,16-17H,11-13H2,(H,20,22)(H,21,23)/t16-,17-/m0/s1. The minimum atomic E-state index is -0.595. The second kappa shape index (κ2) is 8.58. The van der Waals surface area contributed by atoms with Crippen LogP contribution in [-0.2, 0) is 16.1 Å². The van der Waals surface area contributed by atoms with E-state index in [-0.39, 0.29) is 17.8 Å². The molecule has 2 atom stereocenters. The van der Waals surface area contributed by atoms with Gasteiger partial charge in [0.05, 0.1) is 0 Å². The summed E-state index contributed by atoms with van der Waals surface area (Å²) in [6, 6.07) is 18.9. The van der Waals surface area contributed by atoms with Crippen LogP contribution < -0.4 is 10.6 Å². The summed E-state index contributed by atoms with van der Waals surface area (Å²) in [5, 5.41) is 5.73. The molecule has 1 aliphatic heterocycles. The highest BCUT2D eigenvalue weighted by atomic mass is 32.2. The third-order valence-electron chi connectivity index (χ3n) is 3.92. The summed E-state index contributed by atoms with van der Waals surface area (Å²) in [4.78, 5) is 24.2. The van der Waals surface area contributed by atoms with Crippen molar-refractivity contribution in [2.24, 2.45) is 0 Å². The third kappa shape index (κ3) is 5.00. The Morgan fingerprint density at radius 3 is 2.52 bits per heavy atom. The fraction of sp³-hybridized carbons (Fsp3) is 0.263. The molecule has 0 spiro atoms.